The molecule has 0 amide bonds. The number of aromatic nitrogens is 2. The fourth-order valence-electron chi connectivity index (χ4n) is 2.20. The molecule has 94 valence electrons. The molecule has 1 saturated carbocycles. The molecule has 0 aliphatic heterocycles. The van der Waals surface area contributed by atoms with Crippen LogP contribution >= 0.6 is 0 Å². The second-order valence-corrected chi connectivity index (χ2v) is 5.26. The van der Waals surface area contributed by atoms with Crippen LogP contribution in [-0.4, -0.2) is 16.5 Å². The number of aryl methyl sites for hydroxylation is 1. The van der Waals surface area contributed by atoms with Crippen LogP contribution in [0.2, 0.25) is 0 Å². The molecule has 1 aliphatic rings. The predicted octanol–water partition coefficient (Wildman–Crippen LogP) is 1.98. The molecule has 5 heteroatoms. The average Bonchev–Trinajstić information content (AvgIpc) is 2.27. The van der Waals surface area contributed by atoms with Gasteiger partial charge in [-0.25, -0.2) is 15.8 Å². The third-order valence-corrected chi connectivity index (χ3v) is 3.64. The quantitative estimate of drug-likeness (QED) is 0.549. The Morgan fingerprint density at radius 3 is 2.41 bits per heavy atom. The van der Waals surface area contributed by atoms with E-state index in [2.05, 4.69) is 27.6 Å². The first-order valence-electron chi connectivity index (χ1n) is 6.10. The Morgan fingerprint density at radius 2 is 1.88 bits per heavy atom. The van der Waals surface area contributed by atoms with Crippen LogP contribution in [0, 0.1) is 19.3 Å². The lowest BCUT2D eigenvalue weighted by Gasteiger charge is -2.38. The van der Waals surface area contributed by atoms with E-state index >= 15 is 0 Å². The number of nitrogens with two attached hydrogens (primary N) is 1. The molecule has 1 aromatic heterocycles. The SMILES string of the molecule is Cc1nc(NN)c(C)c(NCC2(C)CCC2)n1. The molecular weight excluding hydrogens is 214 g/mol. The molecule has 1 fully saturated rings. The van der Waals surface area contributed by atoms with Gasteiger partial charge in [-0.3, -0.25) is 0 Å². The maximum absolute atomic E-state index is 5.44. The predicted molar refractivity (Wildman–Crippen MR) is 69.8 cm³/mol. The molecule has 0 bridgehead atoms. The van der Waals surface area contributed by atoms with Crippen molar-refractivity contribution < 1.29 is 0 Å². The largest absolute Gasteiger partial charge is 0.369 e. The molecule has 0 unspecified atom stereocenters. The maximum Gasteiger partial charge on any atom is 0.148 e. The highest BCUT2D eigenvalue weighted by Gasteiger charge is 2.31. The molecule has 0 radical (unpaired) electrons. The van der Waals surface area contributed by atoms with E-state index in [9.17, 15) is 0 Å². The van der Waals surface area contributed by atoms with E-state index in [-0.39, 0.29) is 0 Å². The lowest BCUT2D eigenvalue weighted by atomic mass is 9.70. The van der Waals surface area contributed by atoms with Crippen LogP contribution in [0.5, 0.6) is 0 Å². The fraction of sp³-hybridized carbons (Fsp3) is 0.667. The monoisotopic (exact) mass is 235 g/mol. The van der Waals surface area contributed by atoms with Crippen molar-refractivity contribution in [2.24, 2.45) is 11.3 Å². The number of nitrogens with one attached hydrogen (secondary N) is 2. The Balaban J connectivity index is 2.12. The van der Waals surface area contributed by atoms with Gasteiger partial charge in [-0.1, -0.05) is 13.3 Å². The van der Waals surface area contributed by atoms with Crippen molar-refractivity contribution in [1.29, 1.82) is 0 Å². The van der Waals surface area contributed by atoms with Gasteiger partial charge in [-0.05, 0) is 32.1 Å². The van der Waals surface area contributed by atoms with Crippen molar-refractivity contribution in [3.05, 3.63) is 11.4 Å². The summed E-state index contributed by atoms with van der Waals surface area (Å²) in [5.74, 6) is 7.75. The van der Waals surface area contributed by atoms with E-state index in [1.807, 2.05) is 13.8 Å². The Kier molecular flexibility index (Phi) is 3.19. The Hall–Kier alpha value is -1.36. The van der Waals surface area contributed by atoms with Gasteiger partial charge in [-0.15, -0.1) is 0 Å². The van der Waals surface area contributed by atoms with Crippen molar-refractivity contribution >= 4 is 11.6 Å². The first-order valence-corrected chi connectivity index (χ1v) is 6.10. The van der Waals surface area contributed by atoms with Gasteiger partial charge in [0.1, 0.15) is 17.5 Å². The van der Waals surface area contributed by atoms with Gasteiger partial charge >= 0.3 is 0 Å². The number of hydrogen-bond acceptors (Lipinski definition) is 5. The summed E-state index contributed by atoms with van der Waals surface area (Å²) in [7, 11) is 0. The number of nitrogens with zero attached hydrogens (tertiary/aromatic N) is 2. The molecule has 0 aromatic carbocycles. The summed E-state index contributed by atoms with van der Waals surface area (Å²) in [6.45, 7) is 7.12. The van der Waals surface area contributed by atoms with E-state index in [4.69, 9.17) is 5.84 Å². The number of rotatable bonds is 4. The molecule has 4 N–H and O–H groups in total. The molecule has 17 heavy (non-hydrogen) atoms. The highest BCUT2D eigenvalue weighted by Crippen LogP contribution is 2.40. The smallest absolute Gasteiger partial charge is 0.148 e. The van der Waals surface area contributed by atoms with E-state index in [1.165, 1.54) is 19.3 Å². The minimum Gasteiger partial charge on any atom is -0.369 e. The van der Waals surface area contributed by atoms with Crippen molar-refractivity contribution in [2.45, 2.75) is 40.0 Å². The van der Waals surface area contributed by atoms with E-state index in [1.54, 1.807) is 0 Å². The van der Waals surface area contributed by atoms with E-state index in [0.717, 1.165) is 23.8 Å². The third kappa shape index (κ3) is 2.49. The van der Waals surface area contributed by atoms with Gasteiger partial charge in [0.05, 0.1) is 0 Å². The lowest BCUT2D eigenvalue weighted by molar-refractivity contribution is 0.180. The summed E-state index contributed by atoms with van der Waals surface area (Å²) >= 11 is 0. The normalized spacial score (nSPS) is 17.4. The molecule has 0 saturated heterocycles. The highest BCUT2D eigenvalue weighted by molar-refractivity contribution is 5.56. The zero-order valence-corrected chi connectivity index (χ0v) is 10.8. The number of nitrogen functional groups attached to an aromatic ring is 1. The van der Waals surface area contributed by atoms with Crippen molar-refractivity contribution in [3.8, 4) is 0 Å². The van der Waals surface area contributed by atoms with Crippen LogP contribution < -0.4 is 16.6 Å². The van der Waals surface area contributed by atoms with E-state index < -0.39 is 0 Å². The van der Waals surface area contributed by atoms with Crippen LogP contribution in [0.15, 0.2) is 0 Å². The molecule has 0 spiro atoms. The zero-order valence-electron chi connectivity index (χ0n) is 10.8. The van der Waals surface area contributed by atoms with Crippen LogP contribution in [0.25, 0.3) is 0 Å². The summed E-state index contributed by atoms with van der Waals surface area (Å²) in [5.41, 5.74) is 4.02. The Bertz CT molecular complexity index is 412. The molecule has 2 rings (SSSR count). The van der Waals surface area contributed by atoms with Crippen LogP contribution in [0.4, 0.5) is 11.6 Å². The molecule has 0 atom stereocenters. The summed E-state index contributed by atoms with van der Waals surface area (Å²) in [6, 6.07) is 0. The number of hydrogen-bond donors (Lipinski definition) is 3. The van der Waals surface area contributed by atoms with Crippen molar-refractivity contribution in [2.75, 3.05) is 17.3 Å². The summed E-state index contributed by atoms with van der Waals surface area (Å²) in [4.78, 5) is 8.67. The lowest BCUT2D eigenvalue weighted by Crippen LogP contribution is -2.33. The van der Waals surface area contributed by atoms with Gasteiger partial charge in [0.25, 0.3) is 0 Å². The van der Waals surface area contributed by atoms with Gasteiger partial charge in [0.2, 0.25) is 0 Å². The number of hydrazine groups is 1. The number of anilines is 2. The molecule has 1 aliphatic carbocycles. The summed E-state index contributed by atoms with van der Waals surface area (Å²) in [6.07, 6.45) is 3.94. The molecule has 1 heterocycles. The average molecular weight is 235 g/mol. The van der Waals surface area contributed by atoms with Crippen LogP contribution in [0.3, 0.4) is 0 Å². The Morgan fingerprint density at radius 1 is 1.24 bits per heavy atom. The van der Waals surface area contributed by atoms with Gasteiger partial charge in [0, 0.05) is 12.1 Å². The van der Waals surface area contributed by atoms with E-state index in [0.29, 0.717) is 11.2 Å². The topological polar surface area (TPSA) is 75.9 Å². The highest BCUT2D eigenvalue weighted by atomic mass is 15.3. The first-order chi connectivity index (χ1) is 8.04. The Labute approximate surface area is 102 Å². The maximum atomic E-state index is 5.44. The standard InChI is InChI=1S/C12H21N5/c1-8-10(14-7-12(3)5-4-6-12)15-9(2)16-11(8)17-13/h4-7,13H2,1-3H3,(H2,14,15,16,17). The minimum absolute atomic E-state index is 0.432. The van der Waals surface area contributed by atoms with Gasteiger partial charge < -0.3 is 10.7 Å². The van der Waals surface area contributed by atoms with Gasteiger partial charge in [0.15, 0.2) is 0 Å². The van der Waals surface area contributed by atoms with Gasteiger partial charge in [-0.2, -0.15) is 0 Å². The van der Waals surface area contributed by atoms with Crippen molar-refractivity contribution in [1.82, 2.24) is 9.97 Å². The zero-order chi connectivity index (χ0) is 12.5. The molecule has 5 nitrogen and oxygen atoms in total. The second-order valence-electron chi connectivity index (χ2n) is 5.26. The third-order valence-electron chi connectivity index (χ3n) is 3.64. The molecule has 1 aromatic rings. The van der Waals surface area contributed by atoms with Crippen LogP contribution in [-0.2, 0) is 0 Å². The van der Waals surface area contributed by atoms with Crippen molar-refractivity contribution in [3.63, 3.8) is 0 Å². The summed E-state index contributed by atoms with van der Waals surface area (Å²) < 4.78 is 0. The first kappa shape index (κ1) is 12.1. The fourth-order valence-corrected chi connectivity index (χ4v) is 2.20. The molecular formula is C12H21N5. The second kappa shape index (κ2) is 4.49. The summed E-state index contributed by atoms with van der Waals surface area (Å²) in [5, 5.41) is 3.42. The van der Waals surface area contributed by atoms with Crippen LogP contribution in [0.1, 0.15) is 37.6 Å². The minimum atomic E-state index is 0.432.